The van der Waals surface area contributed by atoms with E-state index in [1.807, 2.05) is 0 Å². The van der Waals surface area contributed by atoms with Crippen molar-refractivity contribution >= 4 is 15.9 Å². The lowest BCUT2D eigenvalue weighted by Gasteiger charge is -2.34. The summed E-state index contributed by atoms with van der Waals surface area (Å²) in [6.07, 6.45) is 0.0776. The van der Waals surface area contributed by atoms with E-state index in [1.165, 1.54) is 36.7 Å². The van der Waals surface area contributed by atoms with E-state index in [9.17, 15) is 17.6 Å². The van der Waals surface area contributed by atoms with E-state index in [0.29, 0.717) is 11.3 Å². The van der Waals surface area contributed by atoms with Crippen molar-refractivity contribution in [2.75, 3.05) is 40.4 Å². The minimum atomic E-state index is -3.81. The van der Waals surface area contributed by atoms with E-state index in [2.05, 4.69) is 0 Å². The van der Waals surface area contributed by atoms with Crippen LogP contribution >= 0.6 is 0 Å². The summed E-state index contributed by atoms with van der Waals surface area (Å²) in [7, 11) is -0.944. The Morgan fingerprint density at radius 3 is 2.38 bits per heavy atom. The molecule has 0 N–H and O–H groups in total. The predicted octanol–water partition coefficient (Wildman–Crippen LogP) is 1.92. The number of carbonyl (C=O) groups excluding carboxylic acids is 1. The zero-order valence-corrected chi connectivity index (χ0v) is 17.1. The zero-order chi connectivity index (χ0) is 21.0. The smallest absolute Gasteiger partial charge is 0.247 e. The van der Waals surface area contributed by atoms with Crippen molar-refractivity contribution in [2.45, 2.75) is 11.3 Å². The fourth-order valence-electron chi connectivity index (χ4n) is 3.24. The molecule has 1 aliphatic heterocycles. The number of carbonyl (C=O) groups is 1. The van der Waals surface area contributed by atoms with Crippen LogP contribution in [0.1, 0.15) is 5.56 Å². The Hall–Kier alpha value is -2.65. The monoisotopic (exact) mass is 422 g/mol. The Labute approximate surface area is 169 Å². The number of nitrogens with zero attached hydrogens (tertiary/aromatic N) is 2. The van der Waals surface area contributed by atoms with Crippen LogP contribution in [0, 0.1) is 5.82 Å². The van der Waals surface area contributed by atoms with Crippen LogP contribution in [0.25, 0.3) is 0 Å². The lowest BCUT2D eigenvalue weighted by molar-refractivity contribution is -0.131. The number of halogens is 1. The first kappa shape index (κ1) is 21.1. The first-order chi connectivity index (χ1) is 13.8. The van der Waals surface area contributed by atoms with Crippen molar-refractivity contribution in [3.8, 4) is 11.5 Å². The number of methoxy groups -OCH3 is 2. The molecule has 0 bridgehead atoms. The van der Waals surface area contributed by atoms with Crippen molar-refractivity contribution in [2.24, 2.45) is 0 Å². The Morgan fingerprint density at radius 2 is 1.76 bits per heavy atom. The second-order valence-electron chi connectivity index (χ2n) is 6.61. The highest BCUT2D eigenvalue weighted by molar-refractivity contribution is 7.89. The topological polar surface area (TPSA) is 76.2 Å². The first-order valence-corrected chi connectivity index (χ1v) is 10.5. The number of ether oxygens (including phenoxy) is 2. The summed E-state index contributed by atoms with van der Waals surface area (Å²) in [5.41, 5.74) is 0.589. The molecule has 1 saturated heterocycles. The maximum atomic E-state index is 13.3. The molecule has 1 fully saturated rings. The van der Waals surface area contributed by atoms with Gasteiger partial charge in [-0.1, -0.05) is 12.1 Å². The summed E-state index contributed by atoms with van der Waals surface area (Å²) in [6, 6.07) is 10.5. The van der Waals surface area contributed by atoms with Crippen LogP contribution in [0.4, 0.5) is 4.39 Å². The second-order valence-corrected chi connectivity index (χ2v) is 8.51. The van der Waals surface area contributed by atoms with Gasteiger partial charge in [0.15, 0.2) is 0 Å². The molecule has 1 aliphatic rings. The van der Waals surface area contributed by atoms with Gasteiger partial charge in [-0.15, -0.1) is 0 Å². The molecule has 2 aromatic carbocycles. The third-order valence-corrected chi connectivity index (χ3v) is 6.74. The minimum Gasteiger partial charge on any atom is -0.497 e. The van der Waals surface area contributed by atoms with Gasteiger partial charge in [-0.3, -0.25) is 4.79 Å². The summed E-state index contributed by atoms with van der Waals surface area (Å²) in [4.78, 5) is 14.1. The zero-order valence-electron chi connectivity index (χ0n) is 16.3. The summed E-state index contributed by atoms with van der Waals surface area (Å²) in [5, 5.41) is 0. The van der Waals surface area contributed by atoms with Crippen LogP contribution in [0.5, 0.6) is 11.5 Å². The summed E-state index contributed by atoms with van der Waals surface area (Å²) in [6.45, 7) is 0.856. The van der Waals surface area contributed by atoms with Crippen molar-refractivity contribution < 1.29 is 27.1 Å². The molecule has 3 rings (SSSR count). The molecule has 7 nitrogen and oxygen atoms in total. The Bertz CT molecular complexity index is 988. The van der Waals surface area contributed by atoms with Crippen LogP contribution in [-0.2, 0) is 21.2 Å². The van der Waals surface area contributed by atoms with Gasteiger partial charge in [0, 0.05) is 32.2 Å². The van der Waals surface area contributed by atoms with Gasteiger partial charge in [-0.05, 0) is 29.8 Å². The van der Waals surface area contributed by atoms with E-state index >= 15 is 0 Å². The summed E-state index contributed by atoms with van der Waals surface area (Å²) in [5.74, 6) is 0.0914. The van der Waals surface area contributed by atoms with Gasteiger partial charge in [-0.2, -0.15) is 4.31 Å². The largest absolute Gasteiger partial charge is 0.497 e. The number of piperazine rings is 1. The molecule has 0 saturated carbocycles. The van der Waals surface area contributed by atoms with Crippen molar-refractivity contribution in [1.29, 1.82) is 0 Å². The number of hydrogen-bond acceptors (Lipinski definition) is 5. The van der Waals surface area contributed by atoms with Crippen LogP contribution < -0.4 is 9.47 Å². The average molecular weight is 422 g/mol. The third-order valence-electron chi connectivity index (χ3n) is 4.82. The van der Waals surface area contributed by atoms with Gasteiger partial charge in [-0.25, -0.2) is 12.8 Å². The standard InChI is InChI=1S/C20H23FN2O5S/c1-27-17-6-7-18(28-2)19(14-17)29(25,26)23-10-8-22(9-11-23)20(24)13-15-4-3-5-16(21)12-15/h3-7,12,14H,8-11,13H2,1-2H3. The molecule has 0 spiro atoms. The van der Waals surface area contributed by atoms with Gasteiger partial charge in [0.2, 0.25) is 15.9 Å². The molecule has 0 radical (unpaired) electrons. The number of hydrogen-bond donors (Lipinski definition) is 0. The second kappa shape index (κ2) is 8.79. The van der Waals surface area contributed by atoms with Crippen LogP contribution in [-0.4, -0.2) is 63.9 Å². The highest BCUT2D eigenvalue weighted by atomic mass is 32.2. The van der Waals surface area contributed by atoms with Gasteiger partial charge in [0.1, 0.15) is 22.2 Å². The van der Waals surface area contributed by atoms with E-state index in [1.54, 1.807) is 29.2 Å². The van der Waals surface area contributed by atoms with Crippen LogP contribution in [0.3, 0.4) is 0 Å². The Kier molecular flexibility index (Phi) is 6.39. The van der Waals surface area contributed by atoms with E-state index in [4.69, 9.17) is 9.47 Å². The van der Waals surface area contributed by atoms with Crippen LogP contribution in [0.15, 0.2) is 47.4 Å². The van der Waals surface area contributed by atoms with Crippen LogP contribution in [0.2, 0.25) is 0 Å². The molecule has 156 valence electrons. The van der Waals surface area contributed by atoms with Gasteiger partial charge < -0.3 is 14.4 Å². The molecule has 29 heavy (non-hydrogen) atoms. The molecule has 0 atom stereocenters. The summed E-state index contributed by atoms with van der Waals surface area (Å²) >= 11 is 0. The van der Waals surface area contributed by atoms with Gasteiger partial charge in [0.05, 0.1) is 20.6 Å². The number of benzene rings is 2. The van der Waals surface area contributed by atoms with E-state index in [-0.39, 0.29) is 49.2 Å². The fourth-order valence-corrected chi connectivity index (χ4v) is 4.83. The predicted molar refractivity (Wildman–Crippen MR) is 105 cm³/mol. The van der Waals surface area contributed by atoms with Crippen molar-refractivity contribution in [1.82, 2.24) is 9.21 Å². The molecule has 0 aliphatic carbocycles. The molecular weight excluding hydrogens is 399 g/mol. The Balaban J connectivity index is 1.69. The summed E-state index contributed by atoms with van der Waals surface area (Å²) < 4.78 is 51.1. The molecule has 0 unspecified atom stereocenters. The fraction of sp³-hybridized carbons (Fsp3) is 0.350. The Morgan fingerprint density at radius 1 is 1.03 bits per heavy atom. The molecule has 1 amide bonds. The molecular formula is C20H23FN2O5S. The highest BCUT2D eigenvalue weighted by Gasteiger charge is 2.32. The van der Waals surface area contributed by atoms with E-state index < -0.39 is 15.8 Å². The van der Waals surface area contributed by atoms with Crippen molar-refractivity contribution in [3.05, 3.63) is 53.8 Å². The number of amides is 1. The normalized spacial score (nSPS) is 15.2. The number of rotatable bonds is 6. The third kappa shape index (κ3) is 4.68. The van der Waals surface area contributed by atoms with E-state index in [0.717, 1.165) is 0 Å². The lowest BCUT2D eigenvalue weighted by atomic mass is 10.1. The van der Waals surface area contributed by atoms with Crippen molar-refractivity contribution in [3.63, 3.8) is 0 Å². The highest BCUT2D eigenvalue weighted by Crippen LogP contribution is 2.31. The first-order valence-electron chi connectivity index (χ1n) is 9.09. The molecule has 0 aromatic heterocycles. The SMILES string of the molecule is COc1ccc(OC)c(S(=O)(=O)N2CCN(C(=O)Cc3cccc(F)c3)CC2)c1. The lowest BCUT2D eigenvalue weighted by Crippen LogP contribution is -2.50. The molecule has 2 aromatic rings. The van der Waals surface area contributed by atoms with Gasteiger partial charge >= 0.3 is 0 Å². The number of sulfonamides is 1. The van der Waals surface area contributed by atoms with Gasteiger partial charge in [0.25, 0.3) is 0 Å². The average Bonchev–Trinajstić information content (AvgIpc) is 2.73. The quantitative estimate of drug-likeness (QED) is 0.711. The maximum Gasteiger partial charge on any atom is 0.247 e. The maximum absolute atomic E-state index is 13.3. The molecule has 9 heteroatoms. The minimum absolute atomic E-state index is 0.0267. The molecule has 1 heterocycles.